The van der Waals surface area contributed by atoms with Crippen LogP contribution in [0.3, 0.4) is 0 Å². The molecule has 2 heterocycles. The summed E-state index contributed by atoms with van der Waals surface area (Å²) in [6.07, 6.45) is 3.43. The van der Waals surface area contributed by atoms with E-state index in [1.165, 1.54) is 12.4 Å². The fourth-order valence-electron chi connectivity index (χ4n) is 2.87. The smallest absolute Gasteiger partial charge is 0.258 e. The van der Waals surface area contributed by atoms with E-state index >= 15 is 0 Å². The van der Waals surface area contributed by atoms with Crippen LogP contribution in [0.4, 0.5) is 11.6 Å². The second-order valence-electron chi connectivity index (χ2n) is 6.35. The molecular weight excluding hydrogens is 368 g/mol. The standard InChI is InChI=1S/C18H22N4O4S/c1-3-26-16-6-4-14(5-7-16)21-17(23)13-10-19-18(20-11-13)22(2)15-8-9-27(24,25)12-15/h4-7,10-11,15H,3,8-9,12H2,1-2H3,(H,21,23). The minimum Gasteiger partial charge on any atom is -0.494 e. The summed E-state index contributed by atoms with van der Waals surface area (Å²) in [5.74, 6) is 1.10. The molecule has 0 bridgehead atoms. The first kappa shape index (κ1) is 19.1. The number of anilines is 2. The average Bonchev–Trinajstić information content (AvgIpc) is 3.03. The predicted octanol–water partition coefficient (Wildman–Crippen LogP) is 1.75. The second kappa shape index (κ2) is 7.91. The zero-order valence-corrected chi connectivity index (χ0v) is 16.1. The van der Waals surface area contributed by atoms with Crippen molar-refractivity contribution in [3.63, 3.8) is 0 Å². The molecule has 8 nitrogen and oxygen atoms in total. The van der Waals surface area contributed by atoms with Crippen LogP contribution in [0.5, 0.6) is 5.75 Å². The van der Waals surface area contributed by atoms with Gasteiger partial charge in [0.15, 0.2) is 9.84 Å². The SMILES string of the molecule is CCOc1ccc(NC(=O)c2cnc(N(C)C3CCS(=O)(=O)C3)nc2)cc1. The molecule has 1 N–H and O–H groups in total. The number of nitrogens with one attached hydrogen (secondary N) is 1. The highest BCUT2D eigenvalue weighted by Gasteiger charge is 2.31. The predicted molar refractivity (Wildman–Crippen MR) is 103 cm³/mol. The highest BCUT2D eigenvalue weighted by Crippen LogP contribution is 2.20. The molecule has 27 heavy (non-hydrogen) atoms. The Morgan fingerprint density at radius 2 is 1.93 bits per heavy atom. The number of sulfone groups is 1. The summed E-state index contributed by atoms with van der Waals surface area (Å²) in [7, 11) is -1.22. The largest absolute Gasteiger partial charge is 0.494 e. The van der Waals surface area contributed by atoms with E-state index in [0.29, 0.717) is 30.2 Å². The normalized spacial score (nSPS) is 18.1. The Labute approximate surface area is 158 Å². The lowest BCUT2D eigenvalue weighted by Crippen LogP contribution is -2.34. The Morgan fingerprint density at radius 1 is 1.26 bits per heavy atom. The van der Waals surface area contributed by atoms with Gasteiger partial charge in [0, 0.05) is 31.2 Å². The van der Waals surface area contributed by atoms with E-state index in [9.17, 15) is 13.2 Å². The number of ether oxygens (including phenoxy) is 1. The van der Waals surface area contributed by atoms with Gasteiger partial charge >= 0.3 is 0 Å². The summed E-state index contributed by atoms with van der Waals surface area (Å²) in [5.41, 5.74) is 0.959. The molecule has 1 aliphatic heterocycles. The minimum absolute atomic E-state index is 0.104. The molecule has 0 aliphatic carbocycles. The topological polar surface area (TPSA) is 101 Å². The van der Waals surface area contributed by atoms with Crippen molar-refractivity contribution in [1.82, 2.24) is 9.97 Å². The van der Waals surface area contributed by atoms with Crippen molar-refractivity contribution in [3.8, 4) is 5.75 Å². The minimum atomic E-state index is -2.98. The highest BCUT2D eigenvalue weighted by molar-refractivity contribution is 7.91. The van der Waals surface area contributed by atoms with E-state index in [4.69, 9.17) is 4.74 Å². The Balaban J connectivity index is 1.63. The van der Waals surface area contributed by atoms with Crippen LogP contribution in [0.15, 0.2) is 36.7 Å². The maximum Gasteiger partial charge on any atom is 0.258 e. The highest BCUT2D eigenvalue weighted by atomic mass is 32.2. The van der Waals surface area contributed by atoms with Gasteiger partial charge in [0.05, 0.1) is 23.7 Å². The fourth-order valence-corrected chi connectivity index (χ4v) is 4.64. The van der Waals surface area contributed by atoms with Crippen LogP contribution in [-0.2, 0) is 9.84 Å². The lowest BCUT2D eigenvalue weighted by molar-refractivity contribution is 0.102. The lowest BCUT2D eigenvalue weighted by Gasteiger charge is -2.23. The van der Waals surface area contributed by atoms with Gasteiger partial charge in [0.25, 0.3) is 5.91 Å². The van der Waals surface area contributed by atoms with E-state index < -0.39 is 9.84 Å². The van der Waals surface area contributed by atoms with Gasteiger partial charge in [-0.25, -0.2) is 18.4 Å². The number of hydrogen-bond donors (Lipinski definition) is 1. The number of carbonyl (C=O) groups is 1. The third-order valence-electron chi connectivity index (χ3n) is 4.40. The van der Waals surface area contributed by atoms with Crippen molar-refractivity contribution in [2.45, 2.75) is 19.4 Å². The maximum atomic E-state index is 12.3. The first-order chi connectivity index (χ1) is 12.9. The Hall–Kier alpha value is -2.68. The van der Waals surface area contributed by atoms with Gasteiger partial charge in [0.2, 0.25) is 5.95 Å². The molecule has 1 amide bonds. The van der Waals surface area contributed by atoms with Gasteiger partial charge in [0.1, 0.15) is 5.75 Å². The van der Waals surface area contributed by atoms with E-state index in [1.807, 2.05) is 6.92 Å². The molecule has 0 saturated carbocycles. The molecule has 1 saturated heterocycles. The van der Waals surface area contributed by atoms with Crippen molar-refractivity contribution < 1.29 is 17.9 Å². The van der Waals surface area contributed by atoms with E-state index in [1.54, 1.807) is 36.2 Å². The number of carbonyl (C=O) groups excluding carboxylic acids is 1. The van der Waals surface area contributed by atoms with E-state index in [-0.39, 0.29) is 23.5 Å². The summed E-state index contributed by atoms with van der Waals surface area (Å²) < 4.78 is 28.6. The van der Waals surface area contributed by atoms with Gasteiger partial charge in [-0.3, -0.25) is 4.79 Å². The van der Waals surface area contributed by atoms with Crippen molar-refractivity contribution in [2.24, 2.45) is 0 Å². The summed E-state index contributed by atoms with van der Waals surface area (Å²) in [6, 6.07) is 6.93. The van der Waals surface area contributed by atoms with Gasteiger partial charge in [-0.15, -0.1) is 0 Å². The molecule has 3 rings (SSSR count). The summed E-state index contributed by atoms with van der Waals surface area (Å²) >= 11 is 0. The van der Waals surface area contributed by atoms with Crippen molar-refractivity contribution >= 4 is 27.4 Å². The molecule has 0 radical (unpaired) electrons. The van der Waals surface area contributed by atoms with Crippen molar-refractivity contribution in [2.75, 3.05) is 35.4 Å². The lowest BCUT2D eigenvalue weighted by atomic mass is 10.2. The van der Waals surface area contributed by atoms with Crippen LogP contribution < -0.4 is 15.0 Å². The Bertz CT molecular complexity index is 898. The molecule has 1 aromatic carbocycles. The second-order valence-corrected chi connectivity index (χ2v) is 8.58. The number of amides is 1. The number of nitrogens with zero attached hydrogens (tertiary/aromatic N) is 3. The first-order valence-corrected chi connectivity index (χ1v) is 10.5. The van der Waals surface area contributed by atoms with Crippen LogP contribution in [0.25, 0.3) is 0 Å². The van der Waals surface area contributed by atoms with Crippen LogP contribution in [0.2, 0.25) is 0 Å². The van der Waals surface area contributed by atoms with E-state index in [2.05, 4.69) is 15.3 Å². The summed E-state index contributed by atoms with van der Waals surface area (Å²) in [5, 5.41) is 2.77. The van der Waals surface area contributed by atoms with Crippen molar-refractivity contribution in [1.29, 1.82) is 0 Å². The van der Waals surface area contributed by atoms with Crippen molar-refractivity contribution in [3.05, 3.63) is 42.2 Å². The number of benzene rings is 1. The van der Waals surface area contributed by atoms with Crippen LogP contribution in [-0.4, -0.2) is 55.5 Å². The third-order valence-corrected chi connectivity index (χ3v) is 6.15. The Kier molecular flexibility index (Phi) is 5.59. The number of aromatic nitrogens is 2. The molecule has 9 heteroatoms. The molecule has 2 aromatic rings. The molecule has 1 atom stereocenters. The number of hydrogen-bond acceptors (Lipinski definition) is 7. The summed E-state index contributed by atoms with van der Waals surface area (Å²) in [4.78, 5) is 22.5. The van der Waals surface area contributed by atoms with Crippen LogP contribution >= 0.6 is 0 Å². The van der Waals surface area contributed by atoms with Gasteiger partial charge in [-0.2, -0.15) is 0 Å². The van der Waals surface area contributed by atoms with Crippen LogP contribution in [0, 0.1) is 0 Å². The molecule has 1 fully saturated rings. The van der Waals surface area contributed by atoms with Gasteiger partial charge in [-0.1, -0.05) is 0 Å². The molecule has 1 aromatic heterocycles. The van der Waals surface area contributed by atoms with Gasteiger partial charge in [-0.05, 0) is 37.6 Å². The molecular formula is C18H22N4O4S. The summed E-state index contributed by atoms with van der Waals surface area (Å²) in [6.45, 7) is 2.49. The number of rotatable bonds is 6. The molecule has 144 valence electrons. The zero-order chi connectivity index (χ0) is 19.4. The Morgan fingerprint density at radius 3 is 2.48 bits per heavy atom. The van der Waals surface area contributed by atoms with Crippen LogP contribution in [0.1, 0.15) is 23.7 Å². The molecule has 1 unspecified atom stereocenters. The molecule has 0 spiro atoms. The zero-order valence-electron chi connectivity index (χ0n) is 15.3. The quantitative estimate of drug-likeness (QED) is 0.802. The first-order valence-electron chi connectivity index (χ1n) is 8.67. The maximum absolute atomic E-state index is 12.3. The van der Waals surface area contributed by atoms with E-state index in [0.717, 1.165) is 5.75 Å². The van der Waals surface area contributed by atoms with Gasteiger partial charge < -0.3 is 15.0 Å². The monoisotopic (exact) mass is 390 g/mol. The average molecular weight is 390 g/mol. The molecule has 1 aliphatic rings. The third kappa shape index (κ3) is 4.73. The fraction of sp³-hybridized carbons (Fsp3) is 0.389.